The first kappa shape index (κ1) is 19.0. The Morgan fingerprint density at radius 2 is 1.80 bits per heavy atom. The van der Waals surface area contributed by atoms with Crippen molar-refractivity contribution in [1.29, 1.82) is 0 Å². The van der Waals surface area contributed by atoms with E-state index in [2.05, 4.69) is 10.4 Å². The molecule has 0 fully saturated rings. The van der Waals surface area contributed by atoms with Crippen molar-refractivity contribution in [3.05, 3.63) is 51.9 Å². The molecule has 1 aromatic heterocycles. The van der Waals surface area contributed by atoms with Crippen LogP contribution < -0.4 is 10.9 Å². The second-order valence-electron chi connectivity index (χ2n) is 6.59. The Hall–Kier alpha value is -2.34. The highest BCUT2D eigenvalue weighted by atomic mass is 16.3. The van der Waals surface area contributed by atoms with E-state index in [0.717, 1.165) is 18.4 Å². The Morgan fingerprint density at radius 1 is 1.20 bits per heavy atom. The molecule has 6 heteroatoms. The van der Waals surface area contributed by atoms with Gasteiger partial charge in [-0.2, -0.15) is 0 Å². The number of aromatic nitrogens is 2. The topological polar surface area (TPSA) is 87.1 Å². The van der Waals surface area contributed by atoms with Crippen molar-refractivity contribution in [1.82, 2.24) is 15.1 Å². The van der Waals surface area contributed by atoms with Gasteiger partial charge in [0, 0.05) is 12.6 Å². The molecule has 0 bridgehead atoms. The number of benzene rings is 1. The van der Waals surface area contributed by atoms with Gasteiger partial charge in [0.15, 0.2) is 0 Å². The number of amides is 1. The van der Waals surface area contributed by atoms with E-state index in [1.165, 1.54) is 10.7 Å². The predicted molar refractivity (Wildman–Crippen MR) is 98.2 cm³/mol. The summed E-state index contributed by atoms with van der Waals surface area (Å²) in [5.41, 5.74) is 0.738. The highest BCUT2D eigenvalue weighted by Crippen LogP contribution is 2.18. The lowest BCUT2D eigenvalue weighted by atomic mass is 9.92. The molecule has 1 heterocycles. The normalized spacial score (nSPS) is 11.5. The van der Waals surface area contributed by atoms with E-state index in [1.54, 1.807) is 0 Å². The third-order valence-corrected chi connectivity index (χ3v) is 4.27. The van der Waals surface area contributed by atoms with Gasteiger partial charge in [0.05, 0.1) is 11.3 Å². The number of aliphatic hydroxyl groups is 1. The molecule has 0 aliphatic heterocycles. The summed E-state index contributed by atoms with van der Waals surface area (Å²) in [5, 5.41) is 16.1. The number of hydrogen-bond acceptors (Lipinski definition) is 3. The van der Waals surface area contributed by atoms with Gasteiger partial charge in [-0.05, 0) is 31.9 Å². The fourth-order valence-electron chi connectivity index (χ4n) is 2.97. The summed E-state index contributed by atoms with van der Waals surface area (Å²) in [6, 6.07) is 8.70. The number of aromatic amines is 1. The Morgan fingerprint density at radius 3 is 2.36 bits per heavy atom. The Kier molecular flexibility index (Phi) is 6.20. The van der Waals surface area contributed by atoms with Gasteiger partial charge in [0.1, 0.15) is 5.69 Å². The van der Waals surface area contributed by atoms with Gasteiger partial charge in [0.2, 0.25) is 0 Å². The zero-order valence-corrected chi connectivity index (χ0v) is 15.1. The highest BCUT2D eigenvalue weighted by molar-refractivity contribution is 5.92. The van der Waals surface area contributed by atoms with Crippen LogP contribution in [0, 0.1) is 6.92 Å². The molecule has 136 valence electrons. The molecule has 0 aliphatic rings. The summed E-state index contributed by atoms with van der Waals surface area (Å²) in [5.74, 6) is -0.395. The predicted octanol–water partition coefficient (Wildman–Crippen LogP) is 2.54. The molecule has 0 saturated carbocycles. The van der Waals surface area contributed by atoms with Crippen molar-refractivity contribution >= 4 is 5.91 Å². The van der Waals surface area contributed by atoms with Crippen molar-refractivity contribution in [3.8, 4) is 5.69 Å². The first-order chi connectivity index (χ1) is 11.9. The molecule has 0 saturated heterocycles. The lowest BCUT2D eigenvalue weighted by Crippen LogP contribution is -2.43. The van der Waals surface area contributed by atoms with Crippen molar-refractivity contribution in [2.75, 3.05) is 6.54 Å². The van der Waals surface area contributed by atoms with Gasteiger partial charge in [-0.25, -0.2) is 4.68 Å². The van der Waals surface area contributed by atoms with Gasteiger partial charge in [-0.15, -0.1) is 0 Å². The molecule has 0 radical (unpaired) electrons. The minimum atomic E-state index is -0.904. The van der Waals surface area contributed by atoms with Gasteiger partial charge in [-0.3, -0.25) is 14.7 Å². The number of aryl methyl sites for hydroxylation is 1. The number of nitrogens with zero attached hydrogens (tertiary/aromatic N) is 1. The summed E-state index contributed by atoms with van der Waals surface area (Å²) in [4.78, 5) is 24.5. The minimum absolute atomic E-state index is 0.172. The summed E-state index contributed by atoms with van der Waals surface area (Å²) in [6.07, 6.45) is 2.93. The molecule has 2 aromatic rings. The third-order valence-electron chi connectivity index (χ3n) is 4.27. The van der Waals surface area contributed by atoms with E-state index >= 15 is 0 Å². The maximum absolute atomic E-state index is 12.3. The lowest BCUT2D eigenvalue weighted by molar-refractivity contribution is 0.0212. The fourth-order valence-corrected chi connectivity index (χ4v) is 2.97. The molecule has 0 atom stereocenters. The van der Waals surface area contributed by atoms with Crippen LogP contribution in [0.2, 0.25) is 0 Å². The zero-order valence-electron chi connectivity index (χ0n) is 15.1. The molecule has 6 nitrogen and oxygen atoms in total. The van der Waals surface area contributed by atoms with Crippen molar-refractivity contribution < 1.29 is 9.90 Å². The first-order valence-corrected chi connectivity index (χ1v) is 8.78. The second kappa shape index (κ2) is 8.16. The van der Waals surface area contributed by atoms with E-state index in [0.29, 0.717) is 18.5 Å². The molecule has 25 heavy (non-hydrogen) atoms. The summed E-state index contributed by atoms with van der Waals surface area (Å²) in [7, 11) is 0. The molecule has 0 aliphatic carbocycles. The molecule has 2 rings (SSSR count). The first-order valence-electron chi connectivity index (χ1n) is 8.78. The van der Waals surface area contributed by atoms with Gasteiger partial charge < -0.3 is 10.4 Å². The van der Waals surface area contributed by atoms with E-state index in [-0.39, 0.29) is 17.8 Å². The molecule has 3 N–H and O–H groups in total. The number of carbonyl (C=O) groups excluding carboxylic acids is 1. The van der Waals surface area contributed by atoms with Crippen LogP contribution in [0.5, 0.6) is 0 Å². The largest absolute Gasteiger partial charge is 0.388 e. The monoisotopic (exact) mass is 345 g/mol. The van der Waals surface area contributed by atoms with Gasteiger partial charge in [-0.1, -0.05) is 44.4 Å². The Labute approximate surface area is 147 Å². The van der Waals surface area contributed by atoms with Crippen molar-refractivity contribution in [2.24, 2.45) is 0 Å². The highest BCUT2D eigenvalue weighted by Gasteiger charge is 2.26. The minimum Gasteiger partial charge on any atom is -0.388 e. The smallest absolute Gasteiger partial charge is 0.271 e. The molecule has 1 aromatic carbocycles. The maximum atomic E-state index is 12.3. The molecular formula is C19H27N3O3. The standard InChI is InChI=1S/C19H27N3O3/c1-4-10-19(25,11-5-2)13-20-18(24)16-12-17(23)22(21-16)15-8-6-14(3)7-9-15/h6-9,12,21,25H,4-5,10-11,13H2,1-3H3,(H,20,24). The lowest BCUT2D eigenvalue weighted by Gasteiger charge is -2.27. The van der Waals surface area contributed by atoms with E-state index in [4.69, 9.17) is 0 Å². The zero-order chi connectivity index (χ0) is 18.4. The summed E-state index contributed by atoms with van der Waals surface area (Å²) in [6.45, 7) is 6.14. The van der Waals surface area contributed by atoms with E-state index < -0.39 is 11.5 Å². The second-order valence-corrected chi connectivity index (χ2v) is 6.59. The van der Waals surface area contributed by atoms with E-state index in [9.17, 15) is 14.7 Å². The Balaban J connectivity index is 2.11. The number of rotatable bonds is 8. The van der Waals surface area contributed by atoms with E-state index in [1.807, 2.05) is 45.0 Å². The third kappa shape index (κ3) is 4.82. The SMILES string of the molecule is CCCC(O)(CCC)CNC(=O)c1cc(=O)n(-c2ccc(C)cc2)[nH]1. The molecule has 1 amide bonds. The van der Waals surface area contributed by atoms with Crippen LogP contribution in [0.1, 0.15) is 55.6 Å². The van der Waals surface area contributed by atoms with Crippen LogP contribution >= 0.6 is 0 Å². The quantitative estimate of drug-likeness (QED) is 0.687. The fraction of sp³-hybridized carbons (Fsp3) is 0.474. The van der Waals surface area contributed by atoms with Crippen LogP contribution in [0.25, 0.3) is 5.69 Å². The number of hydrogen-bond donors (Lipinski definition) is 3. The van der Waals surface area contributed by atoms with Crippen molar-refractivity contribution in [2.45, 2.75) is 52.1 Å². The van der Waals surface area contributed by atoms with Crippen LogP contribution in [-0.4, -0.2) is 32.9 Å². The van der Waals surface area contributed by atoms with Crippen LogP contribution in [0.3, 0.4) is 0 Å². The number of H-pyrrole nitrogens is 1. The van der Waals surface area contributed by atoms with Gasteiger partial charge >= 0.3 is 0 Å². The average molecular weight is 345 g/mol. The molecule has 0 spiro atoms. The maximum Gasteiger partial charge on any atom is 0.271 e. The van der Waals surface area contributed by atoms with Crippen LogP contribution in [0.15, 0.2) is 35.1 Å². The van der Waals surface area contributed by atoms with Crippen LogP contribution in [0.4, 0.5) is 0 Å². The number of carbonyl (C=O) groups is 1. The molecule has 0 unspecified atom stereocenters. The average Bonchev–Trinajstić information content (AvgIpc) is 2.96. The summed E-state index contributed by atoms with van der Waals surface area (Å²) < 4.78 is 1.33. The van der Waals surface area contributed by atoms with Crippen molar-refractivity contribution in [3.63, 3.8) is 0 Å². The molecular weight excluding hydrogens is 318 g/mol. The summed E-state index contributed by atoms with van der Waals surface area (Å²) >= 11 is 0. The number of nitrogens with one attached hydrogen (secondary N) is 2. The van der Waals surface area contributed by atoms with Crippen LogP contribution in [-0.2, 0) is 0 Å². The Bertz CT molecular complexity index is 753. The van der Waals surface area contributed by atoms with Gasteiger partial charge in [0.25, 0.3) is 11.5 Å².